The SMILES string of the molecule is COc1ccc(CC2CCN(C(=O)C3CC34CCNCC4)CC2)cc1. The number of methoxy groups -OCH3 is 1. The summed E-state index contributed by atoms with van der Waals surface area (Å²) in [6, 6.07) is 8.42. The third-order valence-electron chi connectivity index (χ3n) is 6.70. The number of carbonyl (C=O) groups excluding carboxylic acids is 1. The van der Waals surface area contributed by atoms with Crippen molar-refractivity contribution in [1.82, 2.24) is 10.2 Å². The molecule has 1 aliphatic carbocycles. The van der Waals surface area contributed by atoms with Crippen LogP contribution in [0.1, 0.15) is 37.7 Å². The number of amides is 1. The monoisotopic (exact) mass is 342 g/mol. The van der Waals surface area contributed by atoms with Gasteiger partial charge in [-0.2, -0.15) is 0 Å². The maximum Gasteiger partial charge on any atom is 0.226 e. The van der Waals surface area contributed by atoms with Crippen LogP contribution in [0.25, 0.3) is 0 Å². The quantitative estimate of drug-likeness (QED) is 0.915. The average Bonchev–Trinajstić information content (AvgIpc) is 3.35. The Balaban J connectivity index is 1.26. The lowest BCUT2D eigenvalue weighted by atomic mass is 9.89. The summed E-state index contributed by atoms with van der Waals surface area (Å²) in [5.41, 5.74) is 1.74. The first-order valence-corrected chi connectivity index (χ1v) is 9.83. The zero-order chi connectivity index (χ0) is 17.3. The largest absolute Gasteiger partial charge is 0.497 e. The summed E-state index contributed by atoms with van der Waals surface area (Å²) < 4.78 is 5.23. The molecule has 2 saturated heterocycles. The van der Waals surface area contributed by atoms with Crippen LogP contribution in [0.15, 0.2) is 24.3 Å². The summed E-state index contributed by atoms with van der Waals surface area (Å²) in [4.78, 5) is 15.0. The molecule has 2 aliphatic heterocycles. The molecule has 3 aliphatic rings. The number of hydrogen-bond donors (Lipinski definition) is 1. The fourth-order valence-electron chi connectivity index (χ4n) is 4.85. The number of carbonyl (C=O) groups is 1. The molecule has 4 rings (SSSR count). The van der Waals surface area contributed by atoms with Gasteiger partial charge in [0.1, 0.15) is 5.75 Å². The third-order valence-corrected chi connectivity index (χ3v) is 6.70. The van der Waals surface area contributed by atoms with Gasteiger partial charge in [0.25, 0.3) is 0 Å². The third kappa shape index (κ3) is 3.55. The Bertz CT molecular complexity index is 599. The second-order valence-corrected chi connectivity index (χ2v) is 8.19. The van der Waals surface area contributed by atoms with Crippen LogP contribution in [-0.2, 0) is 11.2 Å². The highest BCUT2D eigenvalue weighted by Gasteiger charge is 2.58. The van der Waals surface area contributed by atoms with Crippen LogP contribution in [-0.4, -0.2) is 44.1 Å². The lowest BCUT2D eigenvalue weighted by molar-refractivity contribution is -0.135. The first-order valence-electron chi connectivity index (χ1n) is 9.83. The van der Waals surface area contributed by atoms with Gasteiger partial charge in [0.15, 0.2) is 0 Å². The molecule has 3 fully saturated rings. The highest BCUT2D eigenvalue weighted by molar-refractivity contribution is 5.82. The second kappa shape index (κ2) is 6.99. The topological polar surface area (TPSA) is 41.6 Å². The number of nitrogens with one attached hydrogen (secondary N) is 1. The van der Waals surface area contributed by atoms with Gasteiger partial charge >= 0.3 is 0 Å². The fraction of sp³-hybridized carbons (Fsp3) is 0.667. The summed E-state index contributed by atoms with van der Waals surface area (Å²) in [5.74, 6) is 2.39. The molecule has 1 unspecified atom stereocenters. The van der Waals surface area contributed by atoms with Crippen molar-refractivity contribution < 1.29 is 9.53 Å². The highest BCUT2D eigenvalue weighted by Crippen LogP contribution is 2.59. The smallest absolute Gasteiger partial charge is 0.226 e. The molecule has 25 heavy (non-hydrogen) atoms. The lowest BCUT2D eigenvalue weighted by Gasteiger charge is -2.33. The van der Waals surface area contributed by atoms with Crippen LogP contribution in [0, 0.1) is 17.3 Å². The molecule has 1 saturated carbocycles. The molecule has 1 aromatic carbocycles. The minimum atomic E-state index is 0.327. The summed E-state index contributed by atoms with van der Waals surface area (Å²) in [6.45, 7) is 4.08. The average molecular weight is 342 g/mol. The van der Waals surface area contributed by atoms with Gasteiger partial charge in [0.05, 0.1) is 7.11 Å². The Morgan fingerprint density at radius 2 is 1.88 bits per heavy atom. The fourth-order valence-corrected chi connectivity index (χ4v) is 4.85. The van der Waals surface area contributed by atoms with Gasteiger partial charge in [-0.3, -0.25) is 4.79 Å². The summed E-state index contributed by atoms with van der Waals surface area (Å²) in [5, 5.41) is 3.42. The van der Waals surface area contributed by atoms with Gasteiger partial charge in [-0.15, -0.1) is 0 Å². The number of benzene rings is 1. The van der Waals surface area contributed by atoms with E-state index in [0.29, 0.717) is 23.2 Å². The second-order valence-electron chi connectivity index (χ2n) is 8.19. The zero-order valence-electron chi connectivity index (χ0n) is 15.3. The van der Waals surface area contributed by atoms with E-state index in [2.05, 4.69) is 22.3 Å². The van der Waals surface area contributed by atoms with E-state index >= 15 is 0 Å². The highest BCUT2D eigenvalue weighted by atomic mass is 16.5. The molecule has 0 radical (unpaired) electrons. The Morgan fingerprint density at radius 1 is 1.20 bits per heavy atom. The molecule has 4 heteroatoms. The Hall–Kier alpha value is -1.55. The Morgan fingerprint density at radius 3 is 2.52 bits per heavy atom. The number of nitrogens with zero attached hydrogens (tertiary/aromatic N) is 1. The molecule has 1 atom stereocenters. The molecule has 136 valence electrons. The van der Waals surface area contributed by atoms with E-state index in [-0.39, 0.29) is 0 Å². The number of likely N-dealkylation sites (tertiary alicyclic amines) is 1. The van der Waals surface area contributed by atoms with Gasteiger partial charge in [-0.25, -0.2) is 0 Å². The van der Waals surface area contributed by atoms with Gasteiger partial charge in [-0.05, 0) is 80.6 Å². The number of piperidine rings is 2. The van der Waals surface area contributed by atoms with Crippen molar-refractivity contribution in [3.63, 3.8) is 0 Å². The van der Waals surface area contributed by atoms with E-state index in [1.165, 1.54) is 18.4 Å². The molecule has 1 aromatic rings. The van der Waals surface area contributed by atoms with Gasteiger partial charge in [0.2, 0.25) is 5.91 Å². The first-order chi connectivity index (χ1) is 12.2. The van der Waals surface area contributed by atoms with Crippen LogP contribution < -0.4 is 10.1 Å². The van der Waals surface area contributed by atoms with Crippen LogP contribution in [0.4, 0.5) is 0 Å². The van der Waals surface area contributed by atoms with Crippen molar-refractivity contribution in [2.75, 3.05) is 33.3 Å². The van der Waals surface area contributed by atoms with E-state index in [4.69, 9.17) is 4.74 Å². The maximum absolute atomic E-state index is 12.9. The number of hydrogen-bond acceptors (Lipinski definition) is 3. The van der Waals surface area contributed by atoms with E-state index < -0.39 is 0 Å². The van der Waals surface area contributed by atoms with E-state index in [1.807, 2.05) is 12.1 Å². The van der Waals surface area contributed by atoms with Crippen LogP contribution >= 0.6 is 0 Å². The number of rotatable bonds is 4. The predicted molar refractivity (Wildman–Crippen MR) is 98.6 cm³/mol. The first kappa shape index (κ1) is 16.9. The molecule has 0 aromatic heterocycles. The molecular formula is C21H30N2O2. The van der Waals surface area contributed by atoms with E-state index in [0.717, 1.165) is 57.6 Å². The summed E-state index contributed by atoms with van der Waals surface area (Å²) in [7, 11) is 1.70. The Labute approximate surface area is 150 Å². The summed E-state index contributed by atoms with van der Waals surface area (Å²) >= 11 is 0. The van der Waals surface area contributed by atoms with Crippen molar-refractivity contribution in [2.24, 2.45) is 17.3 Å². The predicted octanol–water partition coefficient (Wildman–Crippen LogP) is 2.87. The molecule has 2 heterocycles. The normalized spacial score (nSPS) is 25.8. The molecule has 1 amide bonds. The van der Waals surface area contributed by atoms with Crippen LogP contribution in [0.5, 0.6) is 5.75 Å². The van der Waals surface area contributed by atoms with Gasteiger partial charge in [-0.1, -0.05) is 12.1 Å². The summed E-state index contributed by atoms with van der Waals surface area (Å²) in [6.07, 6.45) is 6.91. The molecule has 1 N–H and O–H groups in total. The lowest BCUT2D eigenvalue weighted by Crippen LogP contribution is -2.41. The Kier molecular flexibility index (Phi) is 4.72. The number of ether oxygens (including phenoxy) is 1. The standard InChI is InChI=1S/C21H30N2O2/c1-25-18-4-2-16(3-5-18)14-17-6-12-23(13-7-17)20(24)19-15-21(19)8-10-22-11-9-21/h2-5,17,19,22H,6-15H2,1H3. The molecule has 0 bridgehead atoms. The van der Waals surface area contributed by atoms with Gasteiger partial charge < -0.3 is 15.0 Å². The van der Waals surface area contributed by atoms with Crippen molar-refractivity contribution in [2.45, 2.75) is 38.5 Å². The van der Waals surface area contributed by atoms with Crippen molar-refractivity contribution in [3.05, 3.63) is 29.8 Å². The van der Waals surface area contributed by atoms with Crippen LogP contribution in [0.2, 0.25) is 0 Å². The van der Waals surface area contributed by atoms with Crippen molar-refractivity contribution in [3.8, 4) is 5.75 Å². The van der Waals surface area contributed by atoms with Gasteiger partial charge in [0, 0.05) is 19.0 Å². The van der Waals surface area contributed by atoms with E-state index in [9.17, 15) is 4.79 Å². The van der Waals surface area contributed by atoms with Crippen LogP contribution in [0.3, 0.4) is 0 Å². The van der Waals surface area contributed by atoms with E-state index in [1.54, 1.807) is 7.11 Å². The maximum atomic E-state index is 12.9. The zero-order valence-corrected chi connectivity index (χ0v) is 15.3. The minimum absolute atomic E-state index is 0.327. The molecule has 1 spiro atoms. The minimum Gasteiger partial charge on any atom is -0.497 e. The molecular weight excluding hydrogens is 312 g/mol. The van der Waals surface area contributed by atoms with Crippen molar-refractivity contribution >= 4 is 5.91 Å². The molecule has 4 nitrogen and oxygen atoms in total. The van der Waals surface area contributed by atoms with Crippen molar-refractivity contribution in [1.29, 1.82) is 0 Å².